The summed E-state index contributed by atoms with van der Waals surface area (Å²) in [5, 5.41) is 5.82. The minimum atomic E-state index is -0.721. The number of carbonyl (C=O) groups is 3. The molecule has 3 rings (SSSR count). The van der Waals surface area contributed by atoms with Crippen molar-refractivity contribution in [1.29, 1.82) is 0 Å². The molecule has 32 heavy (non-hydrogen) atoms. The van der Waals surface area contributed by atoms with E-state index in [9.17, 15) is 14.4 Å². The fourth-order valence-electron chi connectivity index (χ4n) is 3.60. The maximum atomic E-state index is 12.8. The van der Waals surface area contributed by atoms with Gasteiger partial charge in [-0.15, -0.1) is 0 Å². The third-order valence-electron chi connectivity index (χ3n) is 5.39. The van der Waals surface area contributed by atoms with E-state index in [4.69, 9.17) is 9.47 Å². The van der Waals surface area contributed by atoms with Crippen LogP contribution in [-0.4, -0.2) is 50.1 Å². The molecule has 0 saturated carbocycles. The minimum Gasteiger partial charge on any atom is -0.477 e. The molecule has 2 aromatic carbocycles. The predicted octanol–water partition coefficient (Wildman–Crippen LogP) is 2.98. The van der Waals surface area contributed by atoms with E-state index in [1.807, 2.05) is 36.9 Å². The van der Waals surface area contributed by atoms with Crippen molar-refractivity contribution in [2.75, 3.05) is 30.4 Å². The van der Waals surface area contributed by atoms with Gasteiger partial charge in [-0.2, -0.15) is 0 Å². The van der Waals surface area contributed by atoms with E-state index in [0.29, 0.717) is 17.0 Å². The second kappa shape index (κ2) is 10.7. The molecule has 0 bridgehead atoms. The van der Waals surface area contributed by atoms with Crippen molar-refractivity contribution < 1.29 is 23.9 Å². The number of carbonyl (C=O) groups excluding carboxylic acids is 3. The van der Waals surface area contributed by atoms with Crippen molar-refractivity contribution in [3.05, 3.63) is 54.1 Å². The van der Waals surface area contributed by atoms with Crippen molar-refractivity contribution in [3.8, 4) is 5.75 Å². The number of esters is 1. The molecule has 0 aromatic heterocycles. The third kappa shape index (κ3) is 5.57. The van der Waals surface area contributed by atoms with Crippen LogP contribution in [0.3, 0.4) is 0 Å². The molecule has 1 unspecified atom stereocenters. The van der Waals surface area contributed by atoms with Gasteiger partial charge in [0.05, 0.1) is 31.5 Å². The standard InChI is InChI=1S/C24H29N3O5/c1-4-17(5-2)26-23(29)21-14-27(19-11-6-7-12-20(19)32-21)15-22(28)25-18-10-8-9-16(13-18)24(30)31-3/h6-13,17,21H,4-5,14-15H2,1-3H3,(H,25,28)(H,26,29). The van der Waals surface area contributed by atoms with Crippen LogP contribution in [0.25, 0.3) is 0 Å². The average Bonchev–Trinajstić information content (AvgIpc) is 2.81. The van der Waals surface area contributed by atoms with Gasteiger partial charge in [0.15, 0.2) is 6.10 Å². The second-order valence-corrected chi connectivity index (χ2v) is 7.60. The summed E-state index contributed by atoms with van der Waals surface area (Å²) in [7, 11) is 1.30. The molecule has 1 heterocycles. The Bertz CT molecular complexity index is 974. The normalized spacial score (nSPS) is 14.9. The van der Waals surface area contributed by atoms with Gasteiger partial charge in [-0.05, 0) is 43.2 Å². The molecule has 1 aliphatic heterocycles. The zero-order valence-corrected chi connectivity index (χ0v) is 18.6. The molecule has 0 fully saturated rings. The Kier molecular flexibility index (Phi) is 7.70. The Morgan fingerprint density at radius 2 is 1.88 bits per heavy atom. The van der Waals surface area contributed by atoms with Crippen molar-refractivity contribution in [2.45, 2.75) is 38.8 Å². The van der Waals surface area contributed by atoms with Crippen molar-refractivity contribution in [3.63, 3.8) is 0 Å². The molecule has 0 aliphatic carbocycles. The number of nitrogens with one attached hydrogen (secondary N) is 2. The highest BCUT2D eigenvalue weighted by atomic mass is 16.5. The van der Waals surface area contributed by atoms with E-state index < -0.39 is 12.1 Å². The molecular formula is C24H29N3O5. The Morgan fingerprint density at radius 1 is 1.12 bits per heavy atom. The van der Waals surface area contributed by atoms with E-state index in [1.54, 1.807) is 30.3 Å². The van der Waals surface area contributed by atoms with Gasteiger partial charge in [0.25, 0.3) is 5.91 Å². The van der Waals surface area contributed by atoms with Gasteiger partial charge < -0.3 is 25.0 Å². The first-order valence-corrected chi connectivity index (χ1v) is 10.7. The van der Waals surface area contributed by atoms with E-state index >= 15 is 0 Å². The summed E-state index contributed by atoms with van der Waals surface area (Å²) in [4.78, 5) is 39.1. The Labute approximate surface area is 187 Å². The number of methoxy groups -OCH3 is 1. The summed E-state index contributed by atoms with van der Waals surface area (Å²) in [5.41, 5.74) is 1.58. The number of ether oxygens (including phenoxy) is 2. The van der Waals surface area contributed by atoms with Gasteiger partial charge >= 0.3 is 5.97 Å². The molecule has 0 radical (unpaired) electrons. The first-order chi connectivity index (χ1) is 15.4. The molecule has 0 spiro atoms. The minimum absolute atomic E-state index is 0.0254. The van der Waals surface area contributed by atoms with Crippen LogP contribution in [0.15, 0.2) is 48.5 Å². The Balaban J connectivity index is 1.72. The number of hydrogen-bond donors (Lipinski definition) is 2. The summed E-state index contributed by atoms with van der Waals surface area (Å²) in [6, 6.07) is 14.0. The summed E-state index contributed by atoms with van der Waals surface area (Å²) >= 11 is 0. The lowest BCUT2D eigenvalue weighted by Gasteiger charge is -2.35. The summed E-state index contributed by atoms with van der Waals surface area (Å²) in [6.45, 7) is 4.32. The number of nitrogens with zero attached hydrogens (tertiary/aromatic N) is 1. The number of para-hydroxylation sites is 2. The number of rotatable bonds is 8. The smallest absolute Gasteiger partial charge is 0.337 e. The van der Waals surface area contributed by atoms with Crippen LogP contribution < -0.4 is 20.3 Å². The molecule has 2 aromatic rings. The molecule has 8 nitrogen and oxygen atoms in total. The largest absolute Gasteiger partial charge is 0.477 e. The van der Waals surface area contributed by atoms with E-state index in [0.717, 1.165) is 18.5 Å². The highest BCUT2D eigenvalue weighted by Gasteiger charge is 2.32. The quantitative estimate of drug-likeness (QED) is 0.614. The topological polar surface area (TPSA) is 97.0 Å². The third-order valence-corrected chi connectivity index (χ3v) is 5.39. The van der Waals surface area contributed by atoms with Crippen LogP contribution in [0.4, 0.5) is 11.4 Å². The summed E-state index contributed by atoms with van der Waals surface area (Å²) in [6.07, 6.45) is 0.950. The second-order valence-electron chi connectivity index (χ2n) is 7.60. The predicted molar refractivity (Wildman–Crippen MR) is 122 cm³/mol. The maximum absolute atomic E-state index is 12.8. The van der Waals surface area contributed by atoms with Gasteiger partial charge in [-0.3, -0.25) is 9.59 Å². The van der Waals surface area contributed by atoms with E-state index in [-0.39, 0.29) is 30.9 Å². The molecule has 0 saturated heterocycles. The monoisotopic (exact) mass is 439 g/mol. The number of hydrogen-bond acceptors (Lipinski definition) is 6. The van der Waals surface area contributed by atoms with E-state index in [2.05, 4.69) is 10.6 Å². The molecular weight excluding hydrogens is 410 g/mol. The lowest BCUT2D eigenvalue weighted by atomic mass is 10.1. The van der Waals surface area contributed by atoms with Crippen LogP contribution in [0.5, 0.6) is 5.75 Å². The molecule has 1 aliphatic rings. The molecule has 8 heteroatoms. The number of fused-ring (bicyclic) bond motifs is 1. The van der Waals surface area contributed by atoms with Crippen LogP contribution >= 0.6 is 0 Å². The Hall–Kier alpha value is -3.55. The Morgan fingerprint density at radius 3 is 2.59 bits per heavy atom. The first kappa shape index (κ1) is 23.1. The van der Waals surface area contributed by atoms with Gasteiger partial charge in [0.2, 0.25) is 5.91 Å². The van der Waals surface area contributed by atoms with Gasteiger partial charge in [-0.1, -0.05) is 32.0 Å². The van der Waals surface area contributed by atoms with Crippen molar-refractivity contribution in [1.82, 2.24) is 5.32 Å². The number of benzene rings is 2. The van der Waals surface area contributed by atoms with Gasteiger partial charge in [0, 0.05) is 11.7 Å². The van der Waals surface area contributed by atoms with E-state index in [1.165, 1.54) is 7.11 Å². The first-order valence-electron chi connectivity index (χ1n) is 10.7. The fraction of sp³-hybridized carbons (Fsp3) is 0.375. The lowest BCUT2D eigenvalue weighted by molar-refractivity contribution is -0.129. The van der Waals surface area contributed by atoms with Crippen molar-refractivity contribution in [2.24, 2.45) is 0 Å². The SMILES string of the molecule is CCC(CC)NC(=O)C1CN(CC(=O)Nc2cccc(C(=O)OC)c2)c2ccccc2O1. The van der Waals surface area contributed by atoms with Gasteiger partial charge in [0.1, 0.15) is 5.75 Å². The highest BCUT2D eigenvalue weighted by Crippen LogP contribution is 2.33. The zero-order valence-electron chi connectivity index (χ0n) is 18.6. The average molecular weight is 440 g/mol. The molecule has 2 amide bonds. The number of anilines is 2. The summed E-state index contributed by atoms with van der Waals surface area (Å²) < 4.78 is 10.7. The molecule has 1 atom stereocenters. The molecule has 170 valence electrons. The lowest BCUT2D eigenvalue weighted by Crippen LogP contribution is -2.52. The van der Waals surface area contributed by atoms with Crippen LogP contribution in [0.2, 0.25) is 0 Å². The van der Waals surface area contributed by atoms with Crippen LogP contribution in [0, 0.1) is 0 Å². The van der Waals surface area contributed by atoms with Crippen molar-refractivity contribution >= 4 is 29.2 Å². The van der Waals surface area contributed by atoms with Crippen LogP contribution in [0.1, 0.15) is 37.0 Å². The maximum Gasteiger partial charge on any atom is 0.337 e. The zero-order chi connectivity index (χ0) is 23.1. The number of amides is 2. The summed E-state index contributed by atoms with van der Waals surface area (Å²) in [5.74, 6) is -0.384. The van der Waals surface area contributed by atoms with Crippen LogP contribution in [-0.2, 0) is 14.3 Å². The molecule has 2 N–H and O–H groups in total. The fourth-order valence-corrected chi connectivity index (χ4v) is 3.60. The van der Waals surface area contributed by atoms with Gasteiger partial charge in [-0.25, -0.2) is 4.79 Å². The highest BCUT2D eigenvalue weighted by molar-refractivity contribution is 5.97.